The Morgan fingerprint density at radius 1 is 0.960 bits per heavy atom. The van der Waals surface area contributed by atoms with E-state index in [0.717, 1.165) is 31.7 Å². The fourth-order valence-corrected chi connectivity index (χ4v) is 9.30. The van der Waals surface area contributed by atoms with Crippen LogP contribution in [0.3, 0.4) is 0 Å². The van der Waals surface area contributed by atoms with Gasteiger partial charge in [-0.25, -0.2) is 8.42 Å². The van der Waals surface area contributed by atoms with E-state index in [1.54, 1.807) is 6.07 Å². The number of carbonyl (C=O) groups is 2. The summed E-state index contributed by atoms with van der Waals surface area (Å²) in [4.78, 5) is 29.8. The van der Waals surface area contributed by atoms with Crippen molar-refractivity contribution < 1.29 is 37.0 Å². The van der Waals surface area contributed by atoms with Crippen LogP contribution in [0.4, 0.5) is 5.69 Å². The molecule has 4 unspecified atom stereocenters. The van der Waals surface area contributed by atoms with Crippen molar-refractivity contribution in [1.82, 2.24) is 15.4 Å². The maximum absolute atomic E-state index is 12.8. The van der Waals surface area contributed by atoms with Crippen molar-refractivity contribution >= 4 is 27.4 Å². The van der Waals surface area contributed by atoms with Crippen molar-refractivity contribution in [3.63, 3.8) is 0 Å². The first-order valence-corrected chi connectivity index (χ1v) is 19.3. The lowest BCUT2D eigenvalue weighted by Gasteiger charge is -2.58. The van der Waals surface area contributed by atoms with Crippen LogP contribution in [0.5, 0.6) is 5.88 Å². The van der Waals surface area contributed by atoms with Crippen LogP contribution in [0, 0.1) is 17.0 Å². The second-order valence-corrected chi connectivity index (χ2v) is 15.3. The molecule has 0 spiro atoms. The molecule has 270 valence electrons. The number of ether oxygens (including phenoxy) is 2. The average Bonchev–Trinajstić information content (AvgIpc) is 3.52. The summed E-state index contributed by atoms with van der Waals surface area (Å²) in [6, 6.07) is 19.4. The van der Waals surface area contributed by atoms with Gasteiger partial charge in [0, 0.05) is 37.3 Å². The van der Waals surface area contributed by atoms with Crippen LogP contribution in [-0.4, -0.2) is 81.8 Å². The molecule has 3 aliphatic heterocycles. The van der Waals surface area contributed by atoms with E-state index in [4.69, 9.17) is 9.47 Å². The van der Waals surface area contributed by atoms with Crippen molar-refractivity contribution in [2.24, 2.45) is 11.8 Å². The summed E-state index contributed by atoms with van der Waals surface area (Å²) < 4.78 is 41.0. The Labute approximate surface area is 293 Å². The summed E-state index contributed by atoms with van der Waals surface area (Å²) in [5.41, 5.74) is 1.31. The number of sulfone groups is 1. The fraction of sp³-hybridized carbons (Fsp3) is 0.556. The molecule has 3 fully saturated rings. The van der Waals surface area contributed by atoms with E-state index < -0.39 is 26.7 Å². The summed E-state index contributed by atoms with van der Waals surface area (Å²) in [7, 11) is -4.21. The number of hydrogen-bond donors (Lipinski definition) is 1. The molecule has 1 amide bonds. The Kier molecular flexibility index (Phi) is 11.9. The fourth-order valence-electron chi connectivity index (χ4n) is 8.01. The molecule has 0 saturated carbocycles. The molecule has 0 radical (unpaired) electrons. The van der Waals surface area contributed by atoms with Crippen molar-refractivity contribution in [2.45, 2.75) is 86.2 Å². The highest BCUT2D eigenvalue weighted by molar-refractivity contribution is 7.91. The van der Waals surface area contributed by atoms with E-state index in [-0.39, 0.29) is 41.7 Å². The highest BCUT2D eigenvalue weighted by Gasteiger charge is 2.48. The number of benzene rings is 2. The van der Waals surface area contributed by atoms with Crippen LogP contribution in [0.1, 0.15) is 64.2 Å². The predicted molar refractivity (Wildman–Crippen MR) is 183 cm³/mol. The zero-order valence-electron chi connectivity index (χ0n) is 28.4. The monoisotopic (exact) mass is 709 g/mol. The molecule has 0 bridgehead atoms. The van der Waals surface area contributed by atoms with Crippen molar-refractivity contribution in [2.75, 3.05) is 44.3 Å². The van der Waals surface area contributed by atoms with Crippen LogP contribution in [0.25, 0.3) is 0 Å². The van der Waals surface area contributed by atoms with Gasteiger partial charge in [-0.2, -0.15) is 0 Å². The van der Waals surface area contributed by atoms with Crippen molar-refractivity contribution in [1.29, 1.82) is 0 Å². The maximum atomic E-state index is 12.8. The van der Waals surface area contributed by atoms with Gasteiger partial charge in [0.2, 0.25) is 5.91 Å². The molecular formula is C36H47N5O8S. The Hall–Kier alpha value is -4.17. The first kappa shape index (κ1) is 35.6. The number of hydrogen-bond acceptors (Lipinski definition) is 11. The summed E-state index contributed by atoms with van der Waals surface area (Å²) >= 11 is 0. The van der Waals surface area contributed by atoms with Gasteiger partial charge in [-0.05, 0) is 105 Å². The number of unbranched alkanes of at least 4 members (excludes halogenated alkanes) is 1. The van der Waals surface area contributed by atoms with Crippen LogP contribution in [0.15, 0.2) is 75.2 Å². The van der Waals surface area contributed by atoms with Crippen LogP contribution in [-0.2, 0) is 24.2 Å². The number of para-hydroxylation sites is 1. The lowest BCUT2D eigenvalue weighted by Crippen LogP contribution is -2.64. The molecule has 6 rings (SSSR count). The third-order valence-electron chi connectivity index (χ3n) is 10.2. The van der Waals surface area contributed by atoms with E-state index in [0.29, 0.717) is 31.0 Å². The molecule has 13 nitrogen and oxygen atoms in total. The molecule has 3 saturated heterocycles. The second kappa shape index (κ2) is 16.7. The summed E-state index contributed by atoms with van der Waals surface area (Å²) in [6.45, 7) is 4.10. The quantitative estimate of drug-likeness (QED) is 0.131. The number of rotatable bonds is 16. The first-order chi connectivity index (χ1) is 24.3. The number of esters is 1. The third-order valence-corrected chi connectivity index (χ3v) is 11.9. The van der Waals surface area contributed by atoms with Crippen LogP contribution in [0.2, 0.25) is 0 Å². The third kappa shape index (κ3) is 8.40. The number of nitrogens with zero attached hydrogens (tertiary/aromatic N) is 4. The van der Waals surface area contributed by atoms with Crippen LogP contribution < -0.4 is 19.9 Å². The molecule has 4 atom stereocenters. The molecule has 3 aromatic rings. The van der Waals surface area contributed by atoms with E-state index in [1.807, 2.05) is 0 Å². The summed E-state index contributed by atoms with van der Waals surface area (Å²) in [5, 5.41) is 17.4. The molecule has 2 aromatic carbocycles. The van der Waals surface area contributed by atoms with Gasteiger partial charge in [0.05, 0.1) is 29.7 Å². The van der Waals surface area contributed by atoms with Gasteiger partial charge in [0.1, 0.15) is 0 Å². The number of carbonyl (C=O) groups excluding carboxylic acids is 2. The molecule has 0 aliphatic carbocycles. The van der Waals surface area contributed by atoms with E-state index >= 15 is 0 Å². The van der Waals surface area contributed by atoms with E-state index in [9.17, 15) is 23.2 Å². The first-order valence-electron chi connectivity index (χ1n) is 17.8. The van der Waals surface area contributed by atoms with Crippen molar-refractivity contribution in [3.8, 4) is 5.88 Å². The van der Waals surface area contributed by atoms with Gasteiger partial charge in [-0.15, -0.1) is 0 Å². The summed E-state index contributed by atoms with van der Waals surface area (Å²) in [6.07, 6.45) is 8.25. The average molecular weight is 710 g/mol. The molecule has 1 N–H and O–H groups in total. The van der Waals surface area contributed by atoms with Gasteiger partial charge >= 0.3 is 16.9 Å². The lowest BCUT2D eigenvalue weighted by atomic mass is 9.69. The van der Waals surface area contributed by atoms with Gasteiger partial charge in [0.15, 0.2) is 0 Å². The minimum atomic E-state index is -4.21. The number of aromatic nitrogens is 2. The second-order valence-electron chi connectivity index (χ2n) is 13.4. The Bertz CT molecular complexity index is 1670. The van der Waals surface area contributed by atoms with Gasteiger partial charge in [-0.3, -0.25) is 19.1 Å². The standard InChI is InChI=1S/C36H47N5O8S/c42-32(37-21-11-25-48-35-36(41(44)49-38-35)50(45,46)29-15-5-2-6-16-29)19-20-33(43)47-24-8-7-18-31-30-17-10-23-39-22-9-12-27(34(30)39)26-40(31)28-13-3-1-4-14-28/h1-6,13-16,27,30-31,34H,7-12,17-26H2,(H,37,42). The minimum Gasteiger partial charge on any atom is -0.466 e. The minimum absolute atomic E-state index is 0.00648. The zero-order valence-corrected chi connectivity index (χ0v) is 29.2. The van der Waals surface area contributed by atoms with E-state index in [1.165, 1.54) is 68.7 Å². The van der Waals surface area contributed by atoms with E-state index in [2.05, 4.69) is 55.2 Å². The SMILES string of the molecule is O=C(CCC(=O)OCCCCC1C2CCCN3CCCC(CN1c1ccccc1)C23)NCCCOc1no[n+]([O-])c1S(=O)(=O)c1ccccc1. The molecule has 4 heterocycles. The highest BCUT2D eigenvalue weighted by Crippen LogP contribution is 2.44. The predicted octanol–water partition coefficient (Wildman–Crippen LogP) is 3.90. The number of nitrogens with one attached hydrogen (secondary N) is 1. The molecule has 50 heavy (non-hydrogen) atoms. The molecule has 1 aromatic heterocycles. The van der Waals surface area contributed by atoms with Crippen LogP contribution >= 0.6 is 0 Å². The molecule has 14 heteroatoms. The number of amides is 1. The largest absolute Gasteiger partial charge is 0.466 e. The van der Waals surface area contributed by atoms with Crippen molar-refractivity contribution in [3.05, 3.63) is 65.9 Å². The molecular weight excluding hydrogens is 662 g/mol. The molecule has 3 aliphatic rings. The lowest BCUT2D eigenvalue weighted by molar-refractivity contribution is -0.832. The topological polar surface area (TPSA) is 158 Å². The Balaban J connectivity index is 0.876. The zero-order chi connectivity index (χ0) is 34.9. The highest BCUT2D eigenvalue weighted by atomic mass is 32.2. The number of piperidine rings is 3. The maximum Gasteiger partial charge on any atom is 0.414 e. The Morgan fingerprint density at radius 3 is 2.48 bits per heavy atom. The summed E-state index contributed by atoms with van der Waals surface area (Å²) in [5.74, 6) is 0.223. The normalized spacial score (nSPS) is 22.0. The number of anilines is 1. The van der Waals surface area contributed by atoms with Gasteiger partial charge < -0.3 is 24.9 Å². The van der Waals surface area contributed by atoms with Gasteiger partial charge in [0.25, 0.3) is 9.84 Å². The smallest absolute Gasteiger partial charge is 0.414 e. The van der Waals surface area contributed by atoms with Gasteiger partial charge in [-0.1, -0.05) is 36.4 Å². The Morgan fingerprint density at radius 2 is 1.70 bits per heavy atom.